The molecule has 43 N–H and O–H groups in total. The lowest BCUT2D eigenvalue weighted by molar-refractivity contribution is -0.143. The minimum atomic E-state index is -2.16. The number of phenols is 1. The number of nitrogens with zero attached hydrogens (tertiary/aromatic N) is 1. The smallest absolute Gasteiger partial charge is 0.326 e. The predicted octanol–water partition coefficient (Wildman–Crippen LogP) is -11.2. The number of aromatic hydroxyl groups is 1. The molecular formula is C91H144N30O29. The maximum absolute atomic E-state index is 15.1. The molecular weight excluding hydrogens is 1980 g/mol. The number of carboxylic acid groups (broad SMARTS) is 4. The van der Waals surface area contributed by atoms with Crippen molar-refractivity contribution in [1.82, 2.24) is 111 Å². The number of phenolic OH excluding ortho intramolecular Hbond substituents is 1. The molecule has 0 aliphatic rings. The topological polar surface area (TPSA) is 1010 Å². The number of aromatic amines is 1. The summed E-state index contributed by atoms with van der Waals surface area (Å²) in [5.41, 5.74) is 34.0. The molecule has 1 aromatic heterocycles. The van der Waals surface area contributed by atoms with Gasteiger partial charge in [-0.2, -0.15) is 0 Å². The van der Waals surface area contributed by atoms with E-state index >= 15 is 4.79 Å². The minimum absolute atomic E-state index is 0.00874. The number of imidazole rings is 1. The number of hydrogen-bond acceptors (Lipinski definition) is 31. The maximum atomic E-state index is 15.1. The highest BCUT2D eigenvalue weighted by atomic mass is 16.4. The van der Waals surface area contributed by atoms with Crippen LogP contribution in [0.5, 0.6) is 5.75 Å². The van der Waals surface area contributed by atoms with Crippen LogP contribution in [0.15, 0.2) is 67.1 Å². The zero-order chi connectivity index (χ0) is 113. The van der Waals surface area contributed by atoms with E-state index in [1.165, 1.54) is 57.6 Å². The van der Waals surface area contributed by atoms with Gasteiger partial charge in [0.25, 0.3) is 0 Å². The van der Waals surface area contributed by atoms with Gasteiger partial charge in [-0.3, -0.25) is 112 Å². The molecule has 0 aliphatic heterocycles. The van der Waals surface area contributed by atoms with E-state index in [0.717, 1.165) is 0 Å². The standard InChI is InChI=1S/C91H144N30O29/c1-45(2)36-60(80(141)106-47(5)72(133)114-63(39-50-40-101-44-105-50)83(144)113-59(88(149)150)24-28-67(94)126)115-77(138)56(25-29-68(127)128)111-81(142)61(38-49-20-22-51(125)23-21-49)116-82(143)62(37-48-14-7-6-8-15-48)117-87(148)71(46(3)4)121-79(140)58(27-31-70(131)132)112-86(147)66(43-124)120-78(139)57(26-30-69(129)130)110-74(135)53(17-9-10-32-92)108-85(146)65(42-123)119-76(137)55(19-13-35-104-91(99)100)107-75(136)54(18-12-34-103-90(97)98)109-84(145)64(41-122)118-73(134)52(93)16-11-33-102-89(95)96/h6-8,14-15,20-23,40,44-47,52-66,71,122-125H,9-13,16-19,24-39,41-43,92-93H2,1-5H3,(H2,94,126)(H,101,105)(H,106,141)(H,107,136)(H,108,146)(H,109,145)(H,110,135)(H,111,142)(H,112,147)(H,113,144)(H,114,133)(H,115,138)(H,116,143)(H,117,148)(H,118,134)(H,119,137)(H,120,139)(H,121,140)(H,127,128)(H,129,130)(H,131,132)(H,149,150)(H4,95,96,102)(H4,97,98,103)(H4,99,100,104)/t47-,52-,53-,54-,55-,56-,57-,58-,59-,60-,61-,62-,63-,64-,65-,66-,71-/m0/s1. The number of hydrogen-bond donors (Lipinski definition) is 37. The number of unbranched alkanes of at least 4 members (excludes halogenated alkanes) is 1. The first-order chi connectivity index (χ1) is 70.8. The third-order valence-corrected chi connectivity index (χ3v) is 22.6. The van der Waals surface area contributed by atoms with Gasteiger partial charge in [0.15, 0.2) is 17.9 Å². The van der Waals surface area contributed by atoms with Crippen molar-refractivity contribution in [2.75, 3.05) is 46.0 Å². The van der Waals surface area contributed by atoms with Gasteiger partial charge in [0, 0.05) is 70.8 Å². The van der Waals surface area contributed by atoms with Gasteiger partial charge in [-0.15, -0.1) is 0 Å². The molecule has 17 atom stereocenters. The number of amides is 17. The Morgan fingerprint density at radius 1 is 0.347 bits per heavy atom. The number of guanidine groups is 3. The largest absolute Gasteiger partial charge is 0.508 e. The highest BCUT2D eigenvalue weighted by molar-refractivity contribution is 6.02. The number of carbonyl (C=O) groups is 21. The lowest BCUT2D eigenvalue weighted by atomic mass is 9.99. The Balaban J connectivity index is 2.00. The Labute approximate surface area is 861 Å². The van der Waals surface area contributed by atoms with Gasteiger partial charge in [0.1, 0.15) is 102 Å². The number of benzene rings is 2. The van der Waals surface area contributed by atoms with Crippen molar-refractivity contribution < 1.29 is 142 Å². The molecule has 3 aromatic rings. The molecule has 832 valence electrons. The van der Waals surface area contributed by atoms with Crippen molar-refractivity contribution in [2.45, 2.75) is 272 Å². The monoisotopic (exact) mass is 2120 g/mol. The number of carbonyl (C=O) groups excluding carboxylic acids is 17. The van der Waals surface area contributed by atoms with E-state index < -0.39 is 335 Å². The van der Waals surface area contributed by atoms with Crippen LogP contribution in [-0.4, -0.2) is 342 Å². The SMILES string of the molecule is CC(C)C[C@H](NC(=O)[C@H](CCC(=O)O)NC(=O)[C@H](Cc1ccc(O)cc1)NC(=O)[C@H](Cc1ccccc1)NC(=O)[C@@H](NC(=O)[C@H](CCC(=O)O)NC(=O)[C@H](CO)NC(=O)[C@H](CCC(=O)O)NC(=O)[C@H](CCCCN)NC(=O)[C@H](CO)NC(=O)[C@H](CCCNC(=N)N)NC(=O)[C@H](CCCNC(=N)N)NC(=O)[C@H](CO)NC(=O)[C@@H](N)CCCNC(=N)N)C(C)C)C(=O)N[C@@H](C)C(=O)N[C@@H](Cc1c[nH]cn1)C(=O)N[C@@H](CCC(N)=O)C(=O)O. The normalized spacial score (nSPS) is 14.4. The fourth-order valence-electron chi connectivity index (χ4n) is 14.4. The third-order valence-electron chi connectivity index (χ3n) is 22.6. The van der Waals surface area contributed by atoms with E-state index in [2.05, 4.69) is 111 Å². The number of nitrogens with two attached hydrogens (primary N) is 6. The highest BCUT2D eigenvalue weighted by Crippen LogP contribution is 2.18. The first-order valence-corrected chi connectivity index (χ1v) is 48.1. The Morgan fingerprint density at radius 2 is 0.667 bits per heavy atom. The van der Waals surface area contributed by atoms with Crippen molar-refractivity contribution in [3.63, 3.8) is 0 Å². The molecule has 0 radical (unpaired) electrons. The number of H-pyrrole nitrogens is 1. The summed E-state index contributed by atoms with van der Waals surface area (Å²) in [6.07, 6.45) is -4.98. The van der Waals surface area contributed by atoms with E-state index in [-0.39, 0.29) is 120 Å². The molecule has 0 bridgehead atoms. The third kappa shape index (κ3) is 49.9. The summed E-state index contributed by atoms with van der Waals surface area (Å²) in [6.45, 7) is 3.76. The van der Waals surface area contributed by atoms with Crippen LogP contribution in [0, 0.1) is 28.1 Å². The molecule has 17 amide bonds. The van der Waals surface area contributed by atoms with Gasteiger partial charge in [0.05, 0.1) is 37.9 Å². The van der Waals surface area contributed by atoms with Crippen LogP contribution in [-0.2, 0) is 120 Å². The quantitative estimate of drug-likeness (QED) is 0.0142. The van der Waals surface area contributed by atoms with Crippen molar-refractivity contribution >= 4 is 142 Å². The molecule has 3 rings (SSSR count). The fraction of sp³-hybridized carbons (Fsp3) is 0.571. The van der Waals surface area contributed by atoms with Crippen LogP contribution in [0.1, 0.15) is 167 Å². The number of aromatic nitrogens is 2. The number of rotatable bonds is 73. The number of nitrogens with one attached hydrogen (secondary N) is 23. The van der Waals surface area contributed by atoms with Crippen LogP contribution in [0.4, 0.5) is 0 Å². The van der Waals surface area contributed by atoms with Gasteiger partial charge in [0.2, 0.25) is 100 Å². The molecule has 150 heavy (non-hydrogen) atoms. The second-order valence-electron chi connectivity index (χ2n) is 35.8. The van der Waals surface area contributed by atoms with Gasteiger partial charge in [-0.25, -0.2) is 9.78 Å². The van der Waals surface area contributed by atoms with Crippen LogP contribution < -0.4 is 135 Å². The molecule has 0 fully saturated rings. The number of aliphatic hydroxyl groups excluding tert-OH is 3. The Kier molecular flexibility index (Phi) is 57.8. The van der Waals surface area contributed by atoms with Crippen LogP contribution >= 0.6 is 0 Å². The van der Waals surface area contributed by atoms with E-state index in [1.807, 2.05) is 0 Å². The molecule has 0 unspecified atom stereocenters. The van der Waals surface area contributed by atoms with Crippen molar-refractivity contribution in [2.24, 2.45) is 46.2 Å². The zero-order valence-corrected chi connectivity index (χ0v) is 83.7. The van der Waals surface area contributed by atoms with Crippen molar-refractivity contribution in [3.05, 3.63) is 83.9 Å². The summed E-state index contributed by atoms with van der Waals surface area (Å²) in [4.78, 5) is 296. The van der Waals surface area contributed by atoms with Gasteiger partial charge in [-0.1, -0.05) is 70.2 Å². The Bertz CT molecular complexity index is 5040. The molecule has 0 aliphatic carbocycles. The zero-order valence-electron chi connectivity index (χ0n) is 83.7. The summed E-state index contributed by atoms with van der Waals surface area (Å²) < 4.78 is 0. The molecule has 0 spiro atoms. The predicted molar refractivity (Wildman–Crippen MR) is 531 cm³/mol. The second kappa shape index (κ2) is 67.7. The second-order valence-corrected chi connectivity index (χ2v) is 35.8. The number of aliphatic hydroxyl groups is 3. The number of primary amides is 1. The number of carboxylic acids is 4. The van der Waals surface area contributed by atoms with Crippen molar-refractivity contribution in [1.29, 1.82) is 16.2 Å². The van der Waals surface area contributed by atoms with E-state index in [0.29, 0.717) is 5.56 Å². The van der Waals surface area contributed by atoms with E-state index in [9.17, 15) is 137 Å². The summed E-state index contributed by atoms with van der Waals surface area (Å²) in [5.74, 6) is -28.6. The fourth-order valence-corrected chi connectivity index (χ4v) is 14.4. The van der Waals surface area contributed by atoms with E-state index in [4.69, 9.17) is 50.6 Å². The Morgan fingerprint density at radius 3 is 1.03 bits per heavy atom. The lowest BCUT2D eigenvalue weighted by Gasteiger charge is -2.29. The van der Waals surface area contributed by atoms with Gasteiger partial charge >= 0.3 is 23.9 Å². The molecule has 59 heteroatoms. The highest BCUT2D eigenvalue weighted by Gasteiger charge is 2.41. The minimum Gasteiger partial charge on any atom is -0.508 e. The lowest BCUT2D eigenvalue weighted by Crippen LogP contribution is -2.62. The van der Waals surface area contributed by atoms with Crippen LogP contribution in [0.25, 0.3) is 0 Å². The molecule has 2 aromatic carbocycles. The molecule has 0 saturated carbocycles. The average molecular weight is 2120 g/mol. The van der Waals surface area contributed by atoms with E-state index in [1.54, 1.807) is 44.2 Å². The molecule has 1 heterocycles. The van der Waals surface area contributed by atoms with Crippen molar-refractivity contribution in [3.8, 4) is 5.75 Å². The van der Waals surface area contributed by atoms with Gasteiger partial charge < -0.3 is 181 Å². The van der Waals surface area contributed by atoms with Gasteiger partial charge in [-0.05, 0) is 138 Å². The first kappa shape index (κ1) is 128. The maximum Gasteiger partial charge on any atom is 0.326 e. The van der Waals surface area contributed by atoms with Crippen LogP contribution in [0.3, 0.4) is 0 Å². The summed E-state index contributed by atoms with van der Waals surface area (Å²) in [5, 5.41) is 149. The molecule has 59 nitrogen and oxygen atoms in total. The van der Waals surface area contributed by atoms with Crippen LogP contribution in [0.2, 0.25) is 0 Å². The summed E-state index contributed by atoms with van der Waals surface area (Å²) >= 11 is 0. The summed E-state index contributed by atoms with van der Waals surface area (Å²) in [6, 6.07) is -16.6. The summed E-state index contributed by atoms with van der Waals surface area (Å²) in [7, 11) is 0. The number of aliphatic carboxylic acids is 4. The average Bonchev–Trinajstić information content (AvgIpc) is 1.05. The molecule has 0 saturated heterocycles. The first-order valence-electron chi connectivity index (χ1n) is 48.1. The Hall–Kier alpha value is -16.1.